The molecule has 156 valence electrons. The first-order chi connectivity index (χ1) is 15.2. The van der Waals surface area contributed by atoms with Crippen molar-refractivity contribution in [2.24, 2.45) is 0 Å². The lowest BCUT2D eigenvalue weighted by atomic mass is 9.91. The van der Waals surface area contributed by atoms with Crippen LogP contribution in [0.15, 0.2) is 67.0 Å². The summed E-state index contributed by atoms with van der Waals surface area (Å²) in [6.45, 7) is 0.598. The average molecular weight is 413 g/mol. The SMILES string of the molecule is COc1cccc([C@H]2c3[nH]c4ccccc4c3CCN2C(=O)c2ccncc2)c1OC. The Hall–Kier alpha value is -3.80. The summed E-state index contributed by atoms with van der Waals surface area (Å²) >= 11 is 0. The van der Waals surface area contributed by atoms with Gasteiger partial charge in [0.05, 0.1) is 14.2 Å². The van der Waals surface area contributed by atoms with Gasteiger partial charge in [0, 0.05) is 46.7 Å². The minimum atomic E-state index is -0.332. The van der Waals surface area contributed by atoms with Gasteiger partial charge < -0.3 is 19.4 Å². The lowest BCUT2D eigenvalue weighted by molar-refractivity contribution is 0.0689. The van der Waals surface area contributed by atoms with E-state index < -0.39 is 0 Å². The normalized spacial score (nSPS) is 15.5. The molecule has 1 N–H and O–H groups in total. The second kappa shape index (κ2) is 7.80. The van der Waals surface area contributed by atoms with Crippen molar-refractivity contribution in [1.82, 2.24) is 14.9 Å². The van der Waals surface area contributed by atoms with Crippen LogP contribution in [0.4, 0.5) is 0 Å². The number of fused-ring (bicyclic) bond motifs is 3. The molecule has 0 saturated carbocycles. The number of nitrogens with one attached hydrogen (secondary N) is 1. The van der Waals surface area contributed by atoms with Crippen LogP contribution in [-0.4, -0.2) is 41.5 Å². The van der Waals surface area contributed by atoms with E-state index >= 15 is 0 Å². The van der Waals surface area contributed by atoms with E-state index in [-0.39, 0.29) is 11.9 Å². The van der Waals surface area contributed by atoms with E-state index in [1.165, 1.54) is 10.9 Å². The fraction of sp³-hybridized carbons (Fsp3) is 0.200. The fourth-order valence-corrected chi connectivity index (χ4v) is 4.57. The monoisotopic (exact) mass is 413 g/mol. The van der Waals surface area contributed by atoms with Crippen molar-refractivity contribution in [3.05, 3.63) is 89.4 Å². The van der Waals surface area contributed by atoms with Crippen LogP contribution in [0, 0.1) is 0 Å². The van der Waals surface area contributed by atoms with Gasteiger partial charge in [-0.05, 0) is 36.2 Å². The summed E-state index contributed by atoms with van der Waals surface area (Å²) in [6, 6.07) is 17.2. The second-order valence-electron chi connectivity index (χ2n) is 7.53. The summed E-state index contributed by atoms with van der Waals surface area (Å²) in [5.41, 5.74) is 4.82. The maximum Gasteiger partial charge on any atom is 0.254 e. The highest BCUT2D eigenvalue weighted by atomic mass is 16.5. The van der Waals surface area contributed by atoms with E-state index in [9.17, 15) is 4.79 Å². The summed E-state index contributed by atoms with van der Waals surface area (Å²) in [5, 5.41) is 1.19. The molecule has 6 nitrogen and oxygen atoms in total. The first kappa shape index (κ1) is 19.2. The van der Waals surface area contributed by atoms with Crippen molar-refractivity contribution in [2.75, 3.05) is 20.8 Å². The molecule has 1 aliphatic rings. The molecule has 0 bridgehead atoms. The minimum Gasteiger partial charge on any atom is -0.493 e. The van der Waals surface area contributed by atoms with Crippen molar-refractivity contribution in [1.29, 1.82) is 0 Å². The zero-order valence-electron chi connectivity index (χ0n) is 17.5. The van der Waals surface area contributed by atoms with Crippen molar-refractivity contribution >= 4 is 16.8 Å². The number of nitrogens with zero attached hydrogens (tertiary/aromatic N) is 2. The molecule has 0 aliphatic carbocycles. The molecule has 31 heavy (non-hydrogen) atoms. The number of benzene rings is 2. The van der Waals surface area contributed by atoms with Gasteiger partial charge in [0.25, 0.3) is 5.91 Å². The highest BCUT2D eigenvalue weighted by Gasteiger charge is 2.37. The molecule has 1 atom stereocenters. The summed E-state index contributed by atoms with van der Waals surface area (Å²) in [4.78, 5) is 23.1. The van der Waals surface area contributed by atoms with Crippen LogP contribution in [0.1, 0.15) is 33.2 Å². The van der Waals surface area contributed by atoms with E-state index in [0.717, 1.165) is 23.2 Å². The molecule has 4 aromatic rings. The highest BCUT2D eigenvalue weighted by molar-refractivity contribution is 5.95. The topological polar surface area (TPSA) is 67.5 Å². The van der Waals surface area contributed by atoms with E-state index in [1.54, 1.807) is 38.7 Å². The minimum absolute atomic E-state index is 0.0402. The molecule has 0 spiro atoms. The zero-order valence-corrected chi connectivity index (χ0v) is 17.5. The third-order valence-electron chi connectivity index (χ3n) is 5.95. The smallest absolute Gasteiger partial charge is 0.254 e. The van der Waals surface area contributed by atoms with Gasteiger partial charge >= 0.3 is 0 Å². The molecule has 0 unspecified atom stereocenters. The Morgan fingerprint density at radius 3 is 2.61 bits per heavy atom. The maximum absolute atomic E-state index is 13.6. The van der Waals surface area contributed by atoms with Crippen LogP contribution in [-0.2, 0) is 6.42 Å². The van der Waals surface area contributed by atoms with Gasteiger partial charge in [-0.3, -0.25) is 9.78 Å². The number of amides is 1. The number of ether oxygens (including phenoxy) is 2. The standard InChI is InChI=1S/C25H23N3O3/c1-30-21-9-5-7-19(24(21)31-2)23-22-18(17-6-3-4-8-20(17)27-22)12-15-28(23)25(29)16-10-13-26-14-11-16/h3-11,13-14,23,27H,12,15H2,1-2H3/t23-/m0/s1. The molecule has 0 saturated heterocycles. The molecule has 1 amide bonds. The average Bonchev–Trinajstić information content (AvgIpc) is 3.21. The van der Waals surface area contributed by atoms with E-state index in [4.69, 9.17) is 9.47 Å². The van der Waals surface area contributed by atoms with Gasteiger partial charge in [0.1, 0.15) is 6.04 Å². The number of aromatic nitrogens is 2. The number of pyridine rings is 1. The van der Waals surface area contributed by atoms with Crippen LogP contribution in [0.2, 0.25) is 0 Å². The molecule has 2 aromatic heterocycles. The summed E-state index contributed by atoms with van der Waals surface area (Å²) < 4.78 is 11.3. The first-order valence-electron chi connectivity index (χ1n) is 10.2. The van der Waals surface area contributed by atoms with E-state index in [0.29, 0.717) is 23.6 Å². The number of para-hydroxylation sites is 2. The number of hydrogen-bond donors (Lipinski definition) is 1. The molecule has 2 aromatic carbocycles. The number of rotatable bonds is 4. The van der Waals surface area contributed by atoms with Gasteiger partial charge in [-0.25, -0.2) is 0 Å². The number of methoxy groups -OCH3 is 2. The largest absolute Gasteiger partial charge is 0.493 e. The molecule has 1 aliphatic heterocycles. The Morgan fingerprint density at radius 1 is 1.03 bits per heavy atom. The third-order valence-corrected chi connectivity index (χ3v) is 5.95. The van der Waals surface area contributed by atoms with Gasteiger partial charge in [-0.2, -0.15) is 0 Å². The third kappa shape index (κ3) is 3.11. The summed E-state index contributed by atoms with van der Waals surface area (Å²) in [6.07, 6.45) is 4.07. The van der Waals surface area contributed by atoms with E-state index in [1.807, 2.05) is 35.2 Å². The van der Waals surface area contributed by atoms with Gasteiger partial charge in [0.15, 0.2) is 11.5 Å². The van der Waals surface area contributed by atoms with Crippen LogP contribution in [0.3, 0.4) is 0 Å². The number of carbonyl (C=O) groups is 1. The van der Waals surface area contributed by atoms with Crippen molar-refractivity contribution in [2.45, 2.75) is 12.5 Å². The quantitative estimate of drug-likeness (QED) is 0.540. The second-order valence-corrected chi connectivity index (χ2v) is 7.53. The van der Waals surface area contributed by atoms with Crippen molar-refractivity contribution < 1.29 is 14.3 Å². The predicted molar refractivity (Wildman–Crippen MR) is 119 cm³/mol. The van der Waals surface area contributed by atoms with Crippen LogP contribution >= 0.6 is 0 Å². The van der Waals surface area contributed by atoms with Crippen LogP contribution in [0.5, 0.6) is 11.5 Å². The Balaban J connectivity index is 1.73. The molecular formula is C25H23N3O3. The fourth-order valence-electron chi connectivity index (χ4n) is 4.57. The molecule has 5 rings (SSSR count). The Morgan fingerprint density at radius 2 is 1.84 bits per heavy atom. The van der Waals surface area contributed by atoms with E-state index in [2.05, 4.69) is 22.1 Å². The van der Waals surface area contributed by atoms with Gasteiger partial charge in [0.2, 0.25) is 0 Å². The Kier molecular flexibility index (Phi) is 4.82. The summed E-state index contributed by atoms with van der Waals surface area (Å²) in [7, 11) is 3.25. The molecule has 3 heterocycles. The zero-order chi connectivity index (χ0) is 21.4. The maximum atomic E-state index is 13.6. The highest BCUT2D eigenvalue weighted by Crippen LogP contribution is 2.44. The molecule has 0 fully saturated rings. The van der Waals surface area contributed by atoms with Crippen LogP contribution in [0.25, 0.3) is 10.9 Å². The van der Waals surface area contributed by atoms with Gasteiger partial charge in [-0.15, -0.1) is 0 Å². The predicted octanol–water partition coefficient (Wildman–Crippen LogP) is 4.37. The lowest BCUT2D eigenvalue weighted by Gasteiger charge is -2.37. The van der Waals surface area contributed by atoms with Crippen molar-refractivity contribution in [3.63, 3.8) is 0 Å². The lowest BCUT2D eigenvalue weighted by Crippen LogP contribution is -2.40. The summed E-state index contributed by atoms with van der Waals surface area (Å²) in [5.74, 6) is 1.23. The van der Waals surface area contributed by atoms with Crippen molar-refractivity contribution in [3.8, 4) is 11.5 Å². The molecule has 6 heteroatoms. The molecular weight excluding hydrogens is 390 g/mol. The number of hydrogen-bond acceptors (Lipinski definition) is 4. The molecule has 0 radical (unpaired) electrons. The Labute approximate surface area is 180 Å². The Bertz CT molecular complexity index is 1250. The first-order valence-corrected chi connectivity index (χ1v) is 10.2. The van der Waals surface area contributed by atoms with Gasteiger partial charge in [-0.1, -0.05) is 30.3 Å². The number of aromatic amines is 1. The number of carbonyl (C=O) groups excluding carboxylic acids is 1. The van der Waals surface area contributed by atoms with Crippen LogP contribution < -0.4 is 9.47 Å². The number of H-pyrrole nitrogens is 1.